The molecular formula is C12H16N2O4. The predicted molar refractivity (Wildman–Crippen MR) is 65.8 cm³/mol. The molecule has 1 rings (SSSR count). The monoisotopic (exact) mass is 252 g/mol. The van der Waals surface area contributed by atoms with Crippen LogP contribution in [0.2, 0.25) is 0 Å². The van der Waals surface area contributed by atoms with E-state index in [-0.39, 0.29) is 11.4 Å². The number of aromatic carboxylic acids is 1. The van der Waals surface area contributed by atoms with Crippen LogP contribution in [0.1, 0.15) is 31.1 Å². The molecule has 0 aliphatic heterocycles. The van der Waals surface area contributed by atoms with E-state index in [9.17, 15) is 9.59 Å². The maximum absolute atomic E-state index is 11.8. The van der Waals surface area contributed by atoms with Crippen LogP contribution in [0.25, 0.3) is 0 Å². The van der Waals surface area contributed by atoms with Gasteiger partial charge in [-0.1, -0.05) is 0 Å². The van der Waals surface area contributed by atoms with Crippen LogP contribution < -0.4 is 4.90 Å². The standard InChI is InChI=1S/C12H16N2O4/c1-12(2,3)18-11(17)14(4)9-7-8(10(15)16)5-6-13-9/h5-7H,1-4H3,(H,15,16). The number of aromatic nitrogens is 1. The molecule has 0 radical (unpaired) electrons. The number of nitrogens with zero attached hydrogens (tertiary/aromatic N) is 2. The van der Waals surface area contributed by atoms with Crippen molar-refractivity contribution in [2.45, 2.75) is 26.4 Å². The van der Waals surface area contributed by atoms with E-state index >= 15 is 0 Å². The van der Waals surface area contributed by atoms with E-state index in [2.05, 4.69) is 4.98 Å². The quantitative estimate of drug-likeness (QED) is 0.872. The molecule has 0 aliphatic carbocycles. The fraction of sp³-hybridized carbons (Fsp3) is 0.417. The van der Waals surface area contributed by atoms with Crippen molar-refractivity contribution in [3.63, 3.8) is 0 Å². The van der Waals surface area contributed by atoms with Crippen molar-refractivity contribution in [2.24, 2.45) is 0 Å². The zero-order chi connectivity index (χ0) is 13.9. The number of carbonyl (C=O) groups is 2. The first-order valence-corrected chi connectivity index (χ1v) is 5.37. The minimum atomic E-state index is -1.07. The van der Waals surface area contributed by atoms with Crippen LogP contribution in [0.5, 0.6) is 0 Å². The Morgan fingerprint density at radius 1 is 1.39 bits per heavy atom. The van der Waals surface area contributed by atoms with Gasteiger partial charge in [-0.05, 0) is 32.9 Å². The van der Waals surface area contributed by atoms with E-state index < -0.39 is 17.7 Å². The second-order valence-corrected chi connectivity index (χ2v) is 4.75. The molecule has 6 heteroatoms. The van der Waals surface area contributed by atoms with Gasteiger partial charge in [-0.15, -0.1) is 0 Å². The summed E-state index contributed by atoms with van der Waals surface area (Å²) in [5, 5.41) is 8.85. The van der Waals surface area contributed by atoms with Gasteiger partial charge in [0.05, 0.1) is 5.56 Å². The number of hydrogen-bond donors (Lipinski definition) is 1. The Morgan fingerprint density at radius 2 is 2.00 bits per heavy atom. The first-order chi connectivity index (χ1) is 8.20. The fourth-order valence-electron chi connectivity index (χ4n) is 1.16. The molecule has 1 heterocycles. The van der Waals surface area contributed by atoms with Gasteiger partial charge in [-0.3, -0.25) is 4.90 Å². The van der Waals surface area contributed by atoms with E-state index in [0.29, 0.717) is 0 Å². The molecule has 1 amide bonds. The van der Waals surface area contributed by atoms with Crippen molar-refractivity contribution < 1.29 is 19.4 Å². The van der Waals surface area contributed by atoms with Crippen LogP contribution in [0, 0.1) is 0 Å². The third-order valence-electron chi connectivity index (χ3n) is 2.00. The van der Waals surface area contributed by atoms with Crippen LogP contribution in [-0.2, 0) is 4.74 Å². The largest absolute Gasteiger partial charge is 0.478 e. The Morgan fingerprint density at radius 3 is 2.50 bits per heavy atom. The molecule has 0 saturated carbocycles. The maximum Gasteiger partial charge on any atom is 0.415 e. The highest BCUT2D eigenvalue weighted by molar-refractivity contribution is 5.91. The Labute approximate surface area is 105 Å². The Bertz CT molecular complexity index is 465. The van der Waals surface area contributed by atoms with Gasteiger partial charge in [0, 0.05) is 13.2 Å². The molecule has 18 heavy (non-hydrogen) atoms. The van der Waals surface area contributed by atoms with Crippen LogP contribution in [0.15, 0.2) is 18.3 Å². The molecule has 0 saturated heterocycles. The molecule has 98 valence electrons. The number of carboxylic acid groups (broad SMARTS) is 1. The summed E-state index contributed by atoms with van der Waals surface area (Å²) in [7, 11) is 1.47. The second kappa shape index (κ2) is 5.03. The average Bonchev–Trinajstić information content (AvgIpc) is 2.26. The lowest BCUT2D eigenvalue weighted by molar-refractivity contribution is 0.0586. The zero-order valence-electron chi connectivity index (χ0n) is 10.8. The number of hydrogen-bond acceptors (Lipinski definition) is 4. The lowest BCUT2D eigenvalue weighted by atomic mass is 10.2. The average molecular weight is 252 g/mol. The number of amides is 1. The summed E-state index contributed by atoms with van der Waals surface area (Å²) in [6.45, 7) is 5.25. The van der Waals surface area contributed by atoms with Gasteiger partial charge < -0.3 is 9.84 Å². The van der Waals surface area contributed by atoms with Gasteiger partial charge in [0.1, 0.15) is 11.4 Å². The molecule has 0 atom stereocenters. The highest BCUT2D eigenvalue weighted by Crippen LogP contribution is 2.15. The summed E-state index contributed by atoms with van der Waals surface area (Å²) in [6, 6.07) is 2.67. The number of carbonyl (C=O) groups excluding carboxylic acids is 1. The van der Waals surface area contributed by atoms with E-state index in [1.165, 1.54) is 25.4 Å². The van der Waals surface area contributed by atoms with Gasteiger partial charge in [0.25, 0.3) is 0 Å². The molecule has 1 aromatic rings. The zero-order valence-corrected chi connectivity index (χ0v) is 10.8. The summed E-state index contributed by atoms with van der Waals surface area (Å²) in [5.74, 6) is -0.847. The van der Waals surface area contributed by atoms with Gasteiger partial charge >= 0.3 is 12.1 Å². The summed E-state index contributed by atoms with van der Waals surface area (Å²) in [4.78, 5) is 27.7. The van der Waals surface area contributed by atoms with Crippen LogP contribution >= 0.6 is 0 Å². The molecule has 1 N–H and O–H groups in total. The lowest BCUT2D eigenvalue weighted by Crippen LogP contribution is -2.34. The number of anilines is 1. The van der Waals surface area contributed by atoms with Crippen LogP contribution in [-0.4, -0.2) is 34.8 Å². The number of carboxylic acids is 1. The SMILES string of the molecule is CN(C(=O)OC(C)(C)C)c1cc(C(=O)O)ccn1. The van der Waals surface area contributed by atoms with Crippen molar-refractivity contribution in [2.75, 3.05) is 11.9 Å². The molecule has 0 aromatic carbocycles. The van der Waals surface area contributed by atoms with E-state index in [4.69, 9.17) is 9.84 Å². The Balaban J connectivity index is 2.90. The molecule has 0 unspecified atom stereocenters. The summed E-state index contributed by atoms with van der Waals surface area (Å²) >= 11 is 0. The summed E-state index contributed by atoms with van der Waals surface area (Å²) in [5.41, 5.74) is -0.550. The third-order valence-corrected chi connectivity index (χ3v) is 2.00. The molecule has 6 nitrogen and oxygen atoms in total. The Kier molecular flexibility index (Phi) is 3.90. The minimum Gasteiger partial charge on any atom is -0.478 e. The van der Waals surface area contributed by atoms with E-state index in [0.717, 1.165) is 4.90 Å². The highest BCUT2D eigenvalue weighted by Gasteiger charge is 2.21. The Hall–Kier alpha value is -2.11. The van der Waals surface area contributed by atoms with Gasteiger partial charge in [0.2, 0.25) is 0 Å². The van der Waals surface area contributed by atoms with E-state index in [1.807, 2.05) is 0 Å². The topological polar surface area (TPSA) is 79.7 Å². The van der Waals surface area contributed by atoms with E-state index in [1.54, 1.807) is 20.8 Å². The second-order valence-electron chi connectivity index (χ2n) is 4.75. The van der Waals surface area contributed by atoms with Gasteiger partial charge in [0.15, 0.2) is 0 Å². The van der Waals surface area contributed by atoms with Gasteiger partial charge in [-0.25, -0.2) is 14.6 Å². The first kappa shape index (κ1) is 14.0. The highest BCUT2D eigenvalue weighted by atomic mass is 16.6. The van der Waals surface area contributed by atoms with Crippen LogP contribution in [0.4, 0.5) is 10.6 Å². The maximum atomic E-state index is 11.8. The molecule has 0 bridgehead atoms. The molecule has 0 aliphatic rings. The van der Waals surface area contributed by atoms with Crippen molar-refractivity contribution in [3.05, 3.63) is 23.9 Å². The minimum absolute atomic E-state index is 0.0652. The summed E-state index contributed by atoms with van der Waals surface area (Å²) < 4.78 is 5.15. The van der Waals surface area contributed by atoms with Crippen molar-refractivity contribution in [1.82, 2.24) is 4.98 Å². The molecule has 0 spiro atoms. The first-order valence-electron chi connectivity index (χ1n) is 5.37. The number of ether oxygens (including phenoxy) is 1. The number of pyridine rings is 1. The lowest BCUT2D eigenvalue weighted by Gasteiger charge is -2.24. The van der Waals surface area contributed by atoms with Crippen LogP contribution in [0.3, 0.4) is 0 Å². The van der Waals surface area contributed by atoms with Crippen molar-refractivity contribution >= 4 is 17.9 Å². The fourth-order valence-corrected chi connectivity index (χ4v) is 1.16. The number of rotatable bonds is 2. The molecular weight excluding hydrogens is 236 g/mol. The summed E-state index contributed by atoms with van der Waals surface area (Å²) in [6.07, 6.45) is 0.747. The third kappa shape index (κ3) is 3.73. The predicted octanol–water partition coefficient (Wildman–Crippen LogP) is 2.15. The normalized spacial score (nSPS) is 10.9. The molecule has 1 aromatic heterocycles. The smallest absolute Gasteiger partial charge is 0.415 e. The van der Waals surface area contributed by atoms with Crippen molar-refractivity contribution in [1.29, 1.82) is 0 Å². The molecule has 0 fully saturated rings. The van der Waals surface area contributed by atoms with Crippen molar-refractivity contribution in [3.8, 4) is 0 Å². The van der Waals surface area contributed by atoms with Gasteiger partial charge in [-0.2, -0.15) is 0 Å².